The second-order valence-corrected chi connectivity index (χ2v) is 2.59. The summed E-state index contributed by atoms with van der Waals surface area (Å²) in [6.45, 7) is 1.96. The van der Waals surface area contributed by atoms with Crippen molar-refractivity contribution in [1.82, 2.24) is 4.98 Å². The summed E-state index contributed by atoms with van der Waals surface area (Å²) in [6, 6.07) is 1.91. The number of pyridine rings is 1. The summed E-state index contributed by atoms with van der Waals surface area (Å²) in [5, 5.41) is 5.90. The van der Waals surface area contributed by atoms with Crippen molar-refractivity contribution in [3.8, 4) is 0 Å². The Hall–Kier alpha value is -1.45. The van der Waals surface area contributed by atoms with E-state index in [1.807, 2.05) is 20.0 Å². The summed E-state index contributed by atoms with van der Waals surface area (Å²) in [5.41, 5.74) is 7.50. The Balaban J connectivity index is 3.19. The number of aryl methyl sites for hydroxylation is 1. The number of anilines is 3. The zero-order valence-corrected chi connectivity index (χ0v) is 7.60. The number of nitrogens with one attached hydrogen (secondary N) is 2. The summed E-state index contributed by atoms with van der Waals surface area (Å²) >= 11 is 0. The number of nitrogens with two attached hydrogens (primary N) is 1. The predicted octanol–water partition coefficient (Wildman–Crippen LogP) is 1.06. The fraction of sp³-hybridized carbons (Fsp3) is 0.375. The Kier molecular flexibility index (Phi) is 2.38. The van der Waals surface area contributed by atoms with Gasteiger partial charge in [-0.15, -0.1) is 0 Å². The molecule has 12 heavy (non-hydrogen) atoms. The van der Waals surface area contributed by atoms with E-state index in [9.17, 15) is 0 Å². The van der Waals surface area contributed by atoms with Gasteiger partial charge in [0.05, 0.1) is 5.69 Å². The normalized spacial score (nSPS) is 9.58. The quantitative estimate of drug-likeness (QED) is 0.614. The van der Waals surface area contributed by atoms with Crippen molar-refractivity contribution in [2.45, 2.75) is 6.92 Å². The van der Waals surface area contributed by atoms with E-state index in [1.165, 1.54) is 0 Å². The number of aromatic nitrogens is 1. The molecule has 0 radical (unpaired) electrons. The van der Waals surface area contributed by atoms with E-state index in [1.54, 1.807) is 7.05 Å². The van der Waals surface area contributed by atoms with Gasteiger partial charge in [-0.2, -0.15) is 0 Å². The van der Waals surface area contributed by atoms with Crippen LogP contribution in [0.5, 0.6) is 0 Å². The van der Waals surface area contributed by atoms with Crippen LogP contribution in [0.1, 0.15) is 5.56 Å². The standard InChI is InChI=1S/C8H14N4/c1-5-4-6(10-2)12-8(11-3)7(5)9/h4H,9H2,1-3H3,(H2,10,11,12). The first-order valence-electron chi connectivity index (χ1n) is 3.81. The van der Waals surface area contributed by atoms with Crippen molar-refractivity contribution in [3.05, 3.63) is 11.6 Å². The van der Waals surface area contributed by atoms with Crippen LogP contribution < -0.4 is 16.4 Å². The van der Waals surface area contributed by atoms with E-state index >= 15 is 0 Å². The van der Waals surface area contributed by atoms with Crippen molar-refractivity contribution < 1.29 is 0 Å². The third-order valence-corrected chi connectivity index (χ3v) is 1.76. The van der Waals surface area contributed by atoms with Crippen LogP contribution in [0.15, 0.2) is 6.07 Å². The summed E-state index contributed by atoms with van der Waals surface area (Å²) in [7, 11) is 3.63. The molecule has 0 aliphatic carbocycles. The second-order valence-electron chi connectivity index (χ2n) is 2.59. The van der Waals surface area contributed by atoms with Crippen molar-refractivity contribution in [1.29, 1.82) is 0 Å². The van der Waals surface area contributed by atoms with E-state index in [-0.39, 0.29) is 0 Å². The Labute approximate surface area is 72.2 Å². The highest BCUT2D eigenvalue weighted by Crippen LogP contribution is 2.22. The third kappa shape index (κ3) is 1.42. The molecular weight excluding hydrogens is 152 g/mol. The highest BCUT2D eigenvalue weighted by molar-refractivity contribution is 5.68. The molecule has 1 aromatic heterocycles. The maximum atomic E-state index is 5.76. The summed E-state index contributed by atoms with van der Waals surface area (Å²) < 4.78 is 0. The molecule has 0 aliphatic rings. The Bertz CT molecular complexity index is 283. The van der Waals surface area contributed by atoms with Crippen LogP contribution >= 0.6 is 0 Å². The maximum Gasteiger partial charge on any atom is 0.151 e. The minimum absolute atomic E-state index is 0.705. The molecule has 1 rings (SSSR count). The van der Waals surface area contributed by atoms with Crippen LogP contribution in [-0.4, -0.2) is 19.1 Å². The first-order valence-corrected chi connectivity index (χ1v) is 3.81. The van der Waals surface area contributed by atoms with E-state index in [0.29, 0.717) is 5.69 Å². The largest absolute Gasteiger partial charge is 0.396 e. The van der Waals surface area contributed by atoms with Gasteiger partial charge in [0.2, 0.25) is 0 Å². The van der Waals surface area contributed by atoms with Gasteiger partial charge >= 0.3 is 0 Å². The highest BCUT2D eigenvalue weighted by atomic mass is 15.1. The zero-order valence-electron chi connectivity index (χ0n) is 7.60. The average Bonchev–Trinajstić information content (AvgIpc) is 2.09. The number of nitrogens with zero attached hydrogens (tertiary/aromatic N) is 1. The lowest BCUT2D eigenvalue weighted by molar-refractivity contribution is 1.24. The van der Waals surface area contributed by atoms with Crippen molar-refractivity contribution >= 4 is 17.3 Å². The van der Waals surface area contributed by atoms with E-state index in [2.05, 4.69) is 15.6 Å². The Morgan fingerprint density at radius 1 is 1.33 bits per heavy atom. The van der Waals surface area contributed by atoms with Crippen LogP contribution in [0.25, 0.3) is 0 Å². The lowest BCUT2D eigenvalue weighted by Gasteiger charge is -2.09. The Morgan fingerprint density at radius 2 is 2.00 bits per heavy atom. The summed E-state index contributed by atoms with van der Waals surface area (Å²) in [5.74, 6) is 1.55. The fourth-order valence-electron chi connectivity index (χ4n) is 1.00. The molecule has 0 saturated carbocycles. The molecule has 0 atom stereocenters. The molecule has 0 spiro atoms. The van der Waals surface area contributed by atoms with E-state index in [0.717, 1.165) is 17.2 Å². The third-order valence-electron chi connectivity index (χ3n) is 1.76. The monoisotopic (exact) mass is 166 g/mol. The summed E-state index contributed by atoms with van der Waals surface area (Å²) in [6.07, 6.45) is 0. The van der Waals surface area contributed by atoms with Gasteiger partial charge in [-0.3, -0.25) is 0 Å². The van der Waals surface area contributed by atoms with Crippen LogP contribution in [0.3, 0.4) is 0 Å². The molecule has 4 N–H and O–H groups in total. The van der Waals surface area contributed by atoms with Gasteiger partial charge in [-0.1, -0.05) is 0 Å². The van der Waals surface area contributed by atoms with E-state index < -0.39 is 0 Å². The molecule has 0 unspecified atom stereocenters. The molecule has 0 fully saturated rings. The number of rotatable bonds is 2. The molecule has 66 valence electrons. The van der Waals surface area contributed by atoms with Gasteiger partial charge in [0, 0.05) is 14.1 Å². The number of nitrogen functional groups attached to an aromatic ring is 1. The van der Waals surface area contributed by atoms with Gasteiger partial charge in [-0.25, -0.2) is 4.98 Å². The van der Waals surface area contributed by atoms with Crippen molar-refractivity contribution in [3.63, 3.8) is 0 Å². The Morgan fingerprint density at radius 3 is 2.50 bits per heavy atom. The molecule has 0 aromatic carbocycles. The van der Waals surface area contributed by atoms with Gasteiger partial charge in [0.1, 0.15) is 5.82 Å². The zero-order chi connectivity index (χ0) is 9.14. The van der Waals surface area contributed by atoms with Crippen molar-refractivity contribution in [2.75, 3.05) is 30.5 Å². The van der Waals surface area contributed by atoms with Crippen LogP contribution in [0.2, 0.25) is 0 Å². The van der Waals surface area contributed by atoms with Gasteiger partial charge < -0.3 is 16.4 Å². The topological polar surface area (TPSA) is 63.0 Å². The lowest BCUT2D eigenvalue weighted by atomic mass is 10.2. The molecule has 1 heterocycles. The second kappa shape index (κ2) is 3.30. The van der Waals surface area contributed by atoms with Gasteiger partial charge in [0.15, 0.2) is 5.82 Å². The minimum atomic E-state index is 0.705. The van der Waals surface area contributed by atoms with Crippen LogP contribution in [-0.2, 0) is 0 Å². The average molecular weight is 166 g/mol. The first-order chi connectivity index (χ1) is 5.69. The van der Waals surface area contributed by atoms with E-state index in [4.69, 9.17) is 5.73 Å². The SMILES string of the molecule is CNc1cc(C)c(N)c(NC)n1. The molecule has 0 saturated heterocycles. The molecule has 4 nitrogen and oxygen atoms in total. The van der Waals surface area contributed by atoms with Gasteiger partial charge in [-0.05, 0) is 18.6 Å². The minimum Gasteiger partial charge on any atom is -0.396 e. The first kappa shape index (κ1) is 8.64. The predicted molar refractivity (Wildman–Crippen MR) is 52.5 cm³/mol. The van der Waals surface area contributed by atoms with Crippen LogP contribution in [0, 0.1) is 6.92 Å². The maximum absolute atomic E-state index is 5.76. The molecular formula is C8H14N4. The lowest BCUT2D eigenvalue weighted by Crippen LogP contribution is -2.03. The molecule has 4 heteroatoms. The molecule has 0 amide bonds. The molecule has 0 bridgehead atoms. The highest BCUT2D eigenvalue weighted by Gasteiger charge is 2.03. The summed E-state index contributed by atoms with van der Waals surface area (Å²) in [4.78, 5) is 4.22. The molecule has 0 aliphatic heterocycles. The fourth-order valence-corrected chi connectivity index (χ4v) is 1.00. The number of hydrogen-bond acceptors (Lipinski definition) is 4. The van der Waals surface area contributed by atoms with Gasteiger partial charge in [0.25, 0.3) is 0 Å². The number of hydrogen-bond donors (Lipinski definition) is 3. The molecule has 1 aromatic rings. The van der Waals surface area contributed by atoms with Crippen LogP contribution in [0.4, 0.5) is 17.3 Å². The smallest absolute Gasteiger partial charge is 0.151 e. The van der Waals surface area contributed by atoms with Crippen molar-refractivity contribution in [2.24, 2.45) is 0 Å².